The number of benzene rings is 1. The van der Waals surface area contributed by atoms with Gasteiger partial charge in [-0.15, -0.1) is 12.4 Å². The van der Waals surface area contributed by atoms with Gasteiger partial charge in [0.05, 0.1) is 23.0 Å². The first-order chi connectivity index (χ1) is 11.2. The number of hydrogen-bond acceptors (Lipinski definition) is 3. The Hall–Kier alpha value is -2.06. The first-order valence-corrected chi connectivity index (χ1v) is 7.53. The Morgan fingerprint density at radius 3 is 2.60 bits per heavy atom. The minimum atomic E-state index is -4.53. The first kappa shape index (κ1) is 21.0. The second-order valence-electron chi connectivity index (χ2n) is 5.48. The van der Waals surface area contributed by atoms with Gasteiger partial charge < -0.3 is 11.1 Å². The van der Waals surface area contributed by atoms with Gasteiger partial charge in [0.2, 0.25) is 5.91 Å². The molecule has 138 valence electrons. The van der Waals surface area contributed by atoms with E-state index in [1.165, 1.54) is 24.3 Å². The SMILES string of the molecule is CCCC(N)C(=O)Nc1cc(C)nn1-c1ccccc1C(F)(F)F.Cl. The molecule has 25 heavy (non-hydrogen) atoms. The molecule has 1 amide bonds. The number of alkyl halides is 3. The molecule has 0 bridgehead atoms. The van der Waals surface area contributed by atoms with Crippen molar-refractivity contribution in [3.05, 3.63) is 41.6 Å². The number of carbonyl (C=O) groups is 1. The van der Waals surface area contributed by atoms with Crippen LogP contribution < -0.4 is 11.1 Å². The summed E-state index contributed by atoms with van der Waals surface area (Å²) in [6.07, 6.45) is -3.32. The van der Waals surface area contributed by atoms with Crippen molar-refractivity contribution < 1.29 is 18.0 Å². The Morgan fingerprint density at radius 2 is 2.00 bits per heavy atom. The Bertz CT molecular complexity index is 730. The highest BCUT2D eigenvalue weighted by Gasteiger charge is 2.34. The summed E-state index contributed by atoms with van der Waals surface area (Å²) in [5.74, 6) is -0.303. The zero-order valence-corrected chi connectivity index (χ0v) is 14.6. The lowest BCUT2D eigenvalue weighted by Gasteiger charge is -2.16. The highest BCUT2D eigenvalue weighted by atomic mass is 35.5. The summed E-state index contributed by atoms with van der Waals surface area (Å²) in [4.78, 5) is 12.1. The second-order valence-corrected chi connectivity index (χ2v) is 5.48. The summed E-state index contributed by atoms with van der Waals surface area (Å²) < 4.78 is 40.7. The summed E-state index contributed by atoms with van der Waals surface area (Å²) in [7, 11) is 0. The molecule has 1 unspecified atom stereocenters. The summed E-state index contributed by atoms with van der Waals surface area (Å²) in [5, 5.41) is 6.64. The van der Waals surface area contributed by atoms with Gasteiger partial charge in [0.15, 0.2) is 0 Å². The highest BCUT2D eigenvalue weighted by Crippen LogP contribution is 2.34. The predicted octanol–water partition coefficient (Wildman–Crippen LogP) is 3.69. The average molecular weight is 377 g/mol. The van der Waals surface area contributed by atoms with Gasteiger partial charge >= 0.3 is 6.18 Å². The van der Waals surface area contributed by atoms with E-state index >= 15 is 0 Å². The number of nitrogens with zero attached hydrogens (tertiary/aromatic N) is 2. The zero-order valence-electron chi connectivity index (χ0n) is 13.8. The van der Waals surface area contributed by atoms with E-state index in [9.17, 15) is 18.0 Å². The number of para-hydroxylation sites is 1. The molecule has 0 aliphatic heterocycles. The van der Waals surface area contributed by atoms with Crippen LogP contribution in [0, 0.1) is 6.92 Å². The van der Waals surface area contributed by atoms with Crippen molar-refractivity contribution in [1.29, 1.82) is 0 Å². The van der Waals surface area contributed by atoms with Gasteiger partial charge in [0.25, 0.3) is 0 Å². The quantitative estimate of drug-likeness (QED) is 0.835. The first-order valence-electron chi connectivity index (χ1n) is 7.53. The van der Waals surface area contributed by atoms with Gasteiger partial charge in [-0.3, -0.25) is 4.79 Å². The van der Waals surface area contributed by atoms with Crippen LogP contribution in [-0.4, -0.2) is 21.7 Å². The third kappa shape index (κ3) is 4.96. The number of nitrogens with one attached hydrogen (secondary N) is 1. The fourth-order valence-corrected chi connectivity index (χ4v) is 2.33. The molecule has 0 spiro atoms. The van der Waals surface area contributed by atoms with Gasteiger partial charge in [-0.2, -0.15) is 18.3 Å². The van der Waals surface area contributed by atoms with Crippen molar-refractivity contribution in [3.8, 4) is 5.69 Å². The van der Waals surface area contributed by atoms with Gasteiger partial charge in [0.1, 0.15) is 5.82 Å². The highest BCUT2D eigenvalue weighted by molar-refractivity contribution is 5.94. The summed E-state index contributed by atoms with van der Waals surface area (Å²) >= 11 is 0. The maximum atomic E-state index is 13.2. The van der Waals surface area contributed by atoms with Crippen molar-refractivity contribution in [2.75, 3.05) is 5.32 Å². The van der Waals surface area contributed by atoms with E-state index in [1.54, 1.807) is 6.92 Å². The summed E-state index contributed by atoms with van der Waals surface area (Å²) in [6.45, 7) is 3.52. The van der Waals surface area contributed by atoms with Crippen LogP contribution in [0.3, 0.4) is 0 Å². The van der Waals surface area contributed by atoms with E-state index in [0.29, 0.717) is 12.1 Å². The van der Waals surface area contributed by atoms with E-state index < -0.39 is 23.7 Å². The number of hydrogen-bond donors (Lipinski definition) is 2. The fraction of sp³-hybridized carbons (Fsp3) is 0.375. The van der Waals surface area contributed by atoms with Gasteiger partial charge in [-0.05, 0) is 25.5 Å². The van der Waals surface area contributed by atoms with E-state index in [0.717, 1.165) is 17.2 Å². The number of aromatic nitrogens is 2. The second kappa shape index (κ2) is 8.35. The molecule has 1 atom stereocenters. The van der Waals surface area contributed by atoms with Crippen molar-refractivity contribution in [3.63, 3.8) is 0 Å². The lowest BCUT2D eigenvalue weighted by atomic mass is 10.1. The maximum absolute atomic E-state index is 13.2. The molecule has 1 heterocycles. The number of aryl methyl sites for hydroxylation is 1. The van der Waals surface area contributed by atoms with Crippen molar-refractivity contribution in [2.45, 2.75) is 38.9 Å². The molecule has 5 nitrogen and oxygen atoms in total. The van der Waals surface area contributed by atoms with Crippen LogP contribution in [0.1, 0.15) is 31.0 Å². The number of halogens is 4. The monoisotopic (exact) mass is 376 g/mol. The number of amides is 1. The molecule has 0 radical (unpaired) electrons. The van der Waals surface area contributed by atoms with E-state index in [-0.39, 0.29) is 23.9 Å². The van der Waals surface area contributed by atoms with Crippen molar-refractivity contribution in [2.24, 2.45) is 5.73 Å². The number of nitrogens with two attached hydrogens (primary N) is 1. The van der Waals surface area contributed by atoms with Gasteiger partial charge in [0, 0.05) is 6.07 Å². The Morgan fingerprint density at radius 1 is 1.36 bits per heavy atom. The van der Waals surface area contributed by atoms with Crippen LogP contribution in [0.25, 0.3) is 5.69 Å². The molecule has 0 fully saturated rings. The molecule has 1 aromatic carbocycles. The molecular weight excluding hydrogens is 357 g/mol. The van der Waals surface area contributed by atoms with Crippen LogP contribution in [-0.2, 0) is 11.0 Å². The van der Waals surface area contributed by atoms with Crippen molar-refractivity contribution in [1.82, 2.24) is 9.78 Å². The summed E-state index contributed by atoms with van der Waals surface area (Å²) in [5.41, 5.74) is 5.24. The molecule has 9 heteroatoms. The molecule has 0 aliphatic carbocycles. The Balaban J connectivity index is 0.00000312. The smallest absolute Gasteiger partial charge is 0.320 e. The normalized spacial score (nSPS) is 12.4. The molecule has 3 N–H and O–H groups in total. The van der Waals surface area contributed by atoms with Crippen molar-refractivity contribution >= 4 is 24.1 Å². The number of rotatable bonds is 5. The maximum Gasteiger partial charge on any atom is 0.418 e. The van der Waals surface area contributed by atoms with E-state index in [1.807, 2.05) is 6.92 Å². The lowest BCUT2D eigenvalue weighted by Crippen LogP contribution is -2.36. The molecule has 0 saturated carbocycles. The molecule has 2 aromatic rings. The lowest BCUT2D eigenvalue weighted by molar-refractivity contribution is -0.137. The van der Waals surface area contributed by atoms with Crippen LogP contribution in [0.15, 0.2) is 30.3 Å². The van der Waals surface area contributed by atoms with Crippen LogP contribution in [0.2, 0.25) is 0 Å². The van der Waals surface area contributed by atoms with Gasteiger partial charge in [-0.25, -0.2) is 4.68 Å². The van der Waals surface area contributed by atoms with E-state index in [4.69, 9.17) is 5.73 Å². The molecule has 0 aliphatic rings. The van der Waals surface area contributed by atoms with E-state index in [2.05, 4.69) is 10.4 Å². The molecule has 0 saturated heterocycles. The Labute approximate surface area is 149 Å². The minimum Gasteiger partial charge on any atom is -0.320 e. The summed E-state index contributed by atoms with van der Waals surface area (Å²) in [6, 6.07) is 5.84. The largest absolute Gasteiger partial charge is 0.418 e. The van der Waals surface area contributed by atoms with Crippen LogP contribution >= 0.6 is 12.4 Å². The van der Waals surface area contributed by atoms with Crippen LogP contribution in [0.5, 0.6) is 0 Å². The Kier molecular flexibility index (Phi) is 7.01. The third-order valence-corrected chi connectivity index (χ3v) is 3.46. The molecule has 1 aromatic heterocycles. The predicted molar refractivity (Wildman–Crippen MR) is 92.1 cm³/mol. The van der Waals surface area contributed by atoms with Crippen LogP contribution in [0.4, 0.5) is 19.0 Å². The zero-order chi connectivity index (χ0) is 17.9. The minimum absolute atomic E-state index is 0. The standard InChI is InChI=1S/C16H19F3N4O.ClH/c1-3-6-12(20)15(24)21-14-9-10(2)22-23(14)13-8-5-4-7-11(13)16(17,18)19;/h4-5,7-9,12H,3,6,20H2,1-2H3,(H,21,24);1H. The number of anilines is 1. The average Bonchev–Trinajstić information content (AvgIpc) is 2.87. The fourth-order valence-electron chi connectivity index (χ4n) is 2.33. The topological polar surface area (TPSA) is 72.9 Å². The third-order valence-electron chi connectivity index (χ3n) is 3.46. The molecular formula is C16H20ClF3N4O. The van der Waals surface area contributed by atoms with Gasteiger partial charge in [-0.1, -0.05) is 25.5 Å². The number of carbonyl (C=O) groups excluding carboxylic acids is 1. The molecule has 2 rings (SSSR count).